The van der Waals surface area contributed by atoms with Gasteiger partial charge in [-0.1, -0.05) is 35.8 Å². The van der Waals surface area contributed by atoms with Gasteiger partial charge in [-0.15, -0.1) is 12.4 Å². The van der Waals surface area contributed by atoms with Gasteiger partial charge in [0.2, 0.25) is 0 Å². The second-order valence-corrected chi connectivity index (χ2v) is 5.85. The van der Waals surface area contributed by atoms with Crippen LogP contribution in [0.3, 0.4) is 0 Å². The van der Waals surface area contributed by atoms with Crippen LogP contribution in [-0.4, -0.2) is 30.4 Å². The molecule has 0 fully saturated rings. The average Bonchev–Trinajstić information content (AvgIpc) is 2.34. The topological polar surface area (TPSA) is 46.3 Å². The van der Waals surface area contributed by atoms with E-state index in [2.05, 4.69) is 29.8 Å². The molecule has 0 saturated carbocycles. The predicted octanol–water partition coefficient (Wildman–Crippen LogP) is 3.32. The van der Waals surface area contributed by atoms with Crippen molar-refractivity contribution in [3.05, 3.63) is 34.3 Å². The van der Waals surface area contributed by atoms with Gasteiger partial charge >= 0.3 is 0 Å². The Morgan fingerprint density at radius 1 is 1.42 bits per heavy atom. The molecule has 0 radical (unpaired) electrons. The summed E-state index contributed by atoms with van der Waals surface area (Å²) in [5.74, 6) is 0.478. The summed E-state index contributed by atoms with van der Waals surface area (Å²) in [6.07, 6.45) is 0.827. The van der Waals surface area contributed by atoms with Crippen molar-refractivity contribution in [3.8, 4) is 0 Å². The third-order valence-corrected chi connectivity index (χ3v) is 3.57. The zero-order chi connectivity index (χ0) is 13.7. The van der Waals surface area contributed by atoms with Crippen molar-refractivity contribution in [1.82, 2.24) is 4.90 Å². The third kappa shape index (κ3) is 5.93. The lowest BCUT2D eigenvalue weighted by Gasteiger charge is -2.21. The van der Waals surface area contributed by atoms with Gasteiger partial charge in [0.05, 0.1) is 0 Å². The molecule has 0 heterocycles. The van der Waals surface area contributed by atoms with Crippen LogP contribution in [-0.2, 0) is 0 Å². The van der Waals surface area contributed by atoms with Crippen molar-refractivity contribution >= 4 is 34.2 Å². The van der Waals surface area contributed by atoms with Gasteiger partial charge in [0, 0.05) is 29.7 Å². The first-order valence-corrected chi connectivity index (χ1v) is 6.97. The molecule has 1 aromatic carbocycles. The van der Waals surface area contributed by atoms with Crippen molar-refractivity contribution in [1.29, 1.82) is 0 Å². The zero-order valence-corrected chi connectivity index (χ0v) is 14.0. The van der Waals surface area contributed by atoms with Gasteiger partial charge in [-0.3, -0.25) is 4.79 Å². The molecule has 0 bridgehead atoms. The molecular formula is C14H22BrClN2O. The van der Waals surface area contributed by atoms with E-state index in [4.69, 9.17) is 5.73 Å². The number of hydrogen-bond acceptors (Lipinski definition) is 2. The van der Waals surface area contributed by atoms with E-state index in [1.165, 1.54) is 0 Å². The number of carbonyl (C=O) groups excluding carboxylic acids is 1. The minimum atomic E-state index is 0. The molecule has 0 aliphatic rings. The van der Waals surface area contributed by atoms with Crippen molar-refractivity contribution in [2.45, 2.75) is 26.3 Å². The highest BCUT2D eigenvalue weighted by atomic mass is 79.9. The van der Waals surface area contributed by atoms with E-state index >= 15 is 0 Å². The Bertz CT molecular complexity index is 412. The van der Waals surface area contributed by atoms with Gasteiger partial charge in [-0.2, -0.15) is 0 Å². The Kier molecular flexibility index (Phi) is 8.30. The Hall–Kier alpha value is -0.580. The van der Waals surface area contributed by atoms with Gasteiger partial charge in [-0.05, 0) is 30.5 Å². The van der Waals surface area contributed by atoms with Crippen LogP contribution >= 0.6 is 28.3 Å². The molecule has 0 aliphatic heterocycles. The molecule has 1 unspecified atom stereocenters. The van der Waals surface area contributed by atoms with Crippen LogP contribution in [0.15, 0.2) is 28.7 Å². The number of hydrogen-bond donors (Lipinski definition) is 1. The quantitative estimate of drug-likeness (QED) is 0.886. The standard InChI is InChI=1S/C14H21BrN2O.ClH/c1-10(2)13(16)7-8-17(3)14(18)11-5-4-6-12(15)9-11;/h4-6,9-10,13H,7-8,16H2,1-3H3;1H. The number of carbonyl (C=O) groups is 1. The summed E-state index contributed by atoms with van der Waals surface area (Å²) in [4.78, 5) is 13.9. The van der Waals surface area contributed by atoms with Crippen LogP contribution in [0.4, 0.5) is 0 Å². The largest absolute Gasteiger partial charge is 0.342 e. The zero-order valence-electron chi connectivity index (χ0n) is 11.6. The minimum Gasteiger partial charge on any atom is -0.342 e. The Labute approximate surface area is 130 Å². The minimum absolute atomic E-state index is 0. The number of halogens is 2. The second-order valence-electron chi connectivity index (χ2n) is 4.93. The summed E-state index contributed by atoms with van der Waals surface area (Å²) < 4.78 is 0.917. The molecular weight excluding hydrogens is 328 g/mol. The van der Waals surface area contributed by atoms with E-state index in [9.17, 15) is 4.79 Å². The molecule has 108 valence electrons. The Morgan fingerprint density at radius 3 is 2.58 bits per heavy atom. The number of nitrogens with zero attached hydrogens (tertiary/aromatic N) is 1. The van der Waals surface area contributed by atoms with E-state index < -0.39 is 0 Å². The average molecular weight is 350 g/mol. The SMILES string of the molecule is CC(C)C(N)CCN(C)C(=O)c1cccc(Br)c1.Cl. The normalized spacial score (nSPS) is 11.9. The molecule has 5 heteroatoms. The third-order valence-electron chi connectivity index (χ3n) is 3.07. The van der Waals surface area contributed by atoms with Crippen molar-refractivity contribution in [2.24, 2.45) is 11.7 Å². The fourth-order valence-corrected chi connectivity index (χ4v) is 2.02. The summed E-state index contributed by atoms with van der Waals surface area (Å²) in [5, 5.41) is 0. The highest BCUT2D eigenvalue weighted by Crippen LogP contribution is 2.13. The molecule has 1 amide bonds. The lowest BCUT2D eigenvalue weighted by molar-refractivity contribution is 0.0789. The van der Waals surface area contributed by atoms with Gasteiger partial charge in [-0.25, -0.2) is 0 Å². The molecule has 1 rings (SSSR count). The van der Waals surface area contributed by atoms with E-state index in [1.54, 1.807) is 4.90 Å². The number of amides is 1. The van der Waals surface area contributed by atoms with Crippen LogP contribution in [0.1, 0.15) is 30.6 Å². The molecule has 0 saturated heterocycles. The molecule has 1 aromatic rings. The fourth-order valence-electron chi connectivity index (χ4n) is 1.62. The molecule has 2 N–H and O–H groups in total. The van der Waals surface area contributed by atoms with E-state index in [0.29, 0.717) is 18.0 Å². The van der Waals surface area contributed by atoms with Gasteiger partial charge < -0.3 is 10.6 Å². The predicted molar refractivity (Wildman–Crippen MR) is 85.8 cm³/mol. The van der Waals surface area contributed by atoms with Gasteiger partial charge in [0.1, 0.15) is 0 Å². The van der Waals surface area contributed by atoms with E-state index in [0.717, 1.165) is 10.9 Å². The summed E-state index contributed by atoms with van der Waals surface area (Å²) in [5.41, 5.74) is 6.68. The van der Waals surface area contributed by atoms with Crippen LogP contribution < -0.4 is 5.73 Å². The molecule has 19 heavy (non-hydrogen) atoms. The van der Waals surface area contributed by atoms with Crippen LogP contribution in [0.25, 0.3) is 0 Å². The lowest BCUT2D eigenvalue weighted by atomic mass is 10.0. The molecule has 0 aromatic heterocycles. The second kappa shape index (κ2) is 8.56. The number of nitrogens with two attached hydrogens (primary N) is 1. The van der Waals surface area contributed by atoms with E-state index in [-0.39, 0.29) is 24.4 Å². The summed E-state index contributed by atoms with van der Waals surface area (Å²) in [6.45, 7) is 4.88. The molecule has 0 spiro atoms. The maximum Gasteiger partial charge on any atom is 0.253 e. The van der Waals surface area contributed by atoms with Gasteiger partial charge in [0.25, 0.3) is 5.91 Å². The summed E-state index contributed by atoms with van der Waals surface area (Å²) >= 11 is 3.37. The summed E-state index contributed by atoms with van der Waals surface area (Å²) in [6, 6.07) is 7.58. The molecule has 0 aliphatic carbocycles. The number of benzene rings is 1. The highest BCUT2D eigenvalue weighted by molar-refractivity contribution is 9.10. The van der Waals surface area contributed by atoms with Crippen LogP contribution in [0.5, 0.6) is 0 Å². The molecule has 1 atom stereocenters. The van der Waals surface area contributed by atoms with Crippen LogP contribution in [0.2, 0.25) is 0 Å². The van der Waals surface area contributed by atoms with Crippen LogP contribution in [0, 0.1) is 5.92 Å². The maximum atomic E-state index is 12.1. The van der Waals surface area contributed by atoms with Gasteiger partial charge in [0.15, 0.2) is 0 Å². The smallest absolute Gasteiger partial charge is 0.253 e. The van der Waals surface area contributed by atoms with E-state index in [1.807, 2.05) is 31.3 Å². The van der Waals surface area contributed by atoms with Crippen molar-refractivity contribution < 1.29 is 4.79 Å². The first-order chi connectivity index (χ1) is 8.41. The van der Waals surface area contributed by atoms with Crippen molar-refractivity contribution in [3.63, 3.8) is 0 Å². The van der Waals surface area contributed by atoms with Crippen molar-refractivity contribution in [2.75, 3.05) is 13.6 Å². The monoisotopic (exact) mass is 348 g/mol. The maximum absolute atomic E-state index is 12.1. The summed E-state index contributed by atoms with van der Waals surface area (Å²) in [7, 11) is 1.82. The molecule has 3 nitrogen and oxygen atoms in total. The lowest BCUT2D eigenvalue weighted by Crippen LogP contribution is -2.34. The number of rotatable bonds is 5. The highest BCUT2D eigenvalue weighted by Gasteiger charge is 2.14. The first-order valence-electron chi connectivity index (χ1n) is 6.18. The fraction of sp³-hybridized carbons (Fsp3) is 0.500. The Morgan fingerprint density at radius 2 is 2.05 bits per heavy atom. The first kappa shape index (κ1) is 18.4. The Balaban J connectivity index is 0.00000324.